The maximum absolute atomic E-state index is 12.2. The van der Waals surface area contributed by atoms with E-state index in [1.165, 1.54) is 17.0 Å². The van der Waals surface area contributed by atoms with Gasteiger partial charge in [0, 0.05) is 33.0 Å². The first kappa shape index (κ1) is 12.5. The standard InChI is InChI=1S/C11H16N4O3/c1-14-10(17)4-3-8(13-14)11(18)15-6-2-5-12-9(16)7-15/h2-7H2,1H3,(H,12,16). The number of nitrogens with zero attached hydrogens (tertiary/aromatic N) is 3. The Bertz CT molecular complexity index is 419. The molecule has 1 N–H and O–H groups in total. The summed E-state index contributed by atoms with van der Waals surface area (Å²) in [5, 5.41) is 7.87. The smallest absolute Gasteiger partial charge is 0.270 e. The zero-order valence-electron chi connectivity index (χ0n) is 10.3. The van der Waals surface area contributed by atoms with Crippen LogP contribution in [-0.4, -0.2) is 60.0 Å². The van der Waals surface area contributed by atoms with E-state index >= 15 is 0 Å². The molecular weight excluding hydrogens is 236 g/mol. The third-order valence-corrected chi connectivity index (χ3v) is 3.00. The van der Waals surface area contributed by atoms with Crippen LogP contribution < -0.4 is 5.32 Å². The molecule has 3 amide bonds. The highest BCUT2D eigenvalue weighted by atomic mass is 16.2. The fourth-order valence-corrected chi connectivity index (χ4v) is 1.99. The molecule has 1 fully saturated rings. The summed E-state index contributed by atoms with van der Waals surface area (Å²) in [4.78, 5) is 36.3. The number of hydrogen-bond acceptors (Lipinski definition) is 4. The molecule has 18 heavy (non-hydrogen) atoms. The monoisotopic (exact) mass is 252 g/mol. The van der Waals surface area contributed by atoms with Crippen LogP contribution in [0.1, 0.15) is 19.3 Å². The number of carbonyl (C=O) groups is 3. The highest BCUT2D eigenvalue weighted by molar-refractivity contribution is 6.39. The average Bonchev–Trinajstić information content (AvgIpc) is 2.56. The molecule has 0 unspecified atom stereocenters. The van der Waals surface area contributed by atoms with Crippen LogP contribution in [0.25, 0.3) is 0 Å². The molecule has 1 saturated heterocycles. The van der Waals surface area contributed by atoms with Crippen LogP contribution >= 0.6 is 0 Å². The van der Waals surface area contributed by atoms with Crippen LogP contribution in [0, 0.1) is 0 Å². The van der Waals surface area contributed by atoms with Crippen LogP contribution in [0.3, 0.4) is 0 Å². The maximum Gasteiger partial charge on any atom is 0.270 e. The highest BCUT2D eigenvalue weighted by Crippen LogP contribution is 2.10. The van der Waals surface area contributed by atoms with Gasteiger partial charge in [-0.15, -0.1) is 0 Å². The molecule has 0 aliphatic carbocycles. The molecule has 7 nitrogen and oxygen atoms in total. The van der Waals surface area contributed by atoms with Gasteiger partial charge in [-0.1, -0.05) is 0 Å². The van der Waals surface area contributed by atoms with E-state index in [1.54, 1.807) is 0 Å². The third kappa shape index (κ3) is 2.66. The molecule has 0 saturated carbocycles. The van der Waals surface area contributed by atoms with Gasteiger partial charge < -0.3 is 10.2 Å². The average molecular weight is 252 g/mol. The van der Waals surface area contributed by atoms with Gasteiger partial charge in [0.2, 0.25) is 11.8 Å². The van der Waals surface area contributed by atoms with Crippen LogP contribution in [-0.2, 0) is 14.4 Å². The summed E-state index contributed by atoms with van der Waals surface area (Å²) in [6.45, 7) is 1.19. The van der Waals surface area contributed by atoms with Crippen LogP contribution in [0.15, 0.2) is 5.10 Å². The lowest BCUT2D eigenvalue weighted by molar-refractivity contribution is -0.132. The number of nitrogens with one attached hydrogen (secondary N) is 1. The molecule has 0 radical (unpaired) electrons. The molecule has 0 aromatic carbocycles. The minimum atomic E-state index is -0.244. The Morgan fingerprint density at radius 1 is 1.33 bits per heavy atom. The van der Waals surface area contributed by atoms with Crippen molar-refractivity contribution in [2.24, 2.45) is 5.10 Å². The van der Waals surface area contributed by atoms with Crippen LogP contribution in [0.5, 0.6) is 0 Å². The van der Waals surface area contributed by atoms with Gasteiger partial charge in [-0.05, 0) is 6.42 Å². The first-order chi connectivity index (χ1) is 8.58. The third-order valence-electron chi connectivity index (χ3n) is 3.00. The number of hydrazone groups is 1. The Labute approximate surface area is 105 Å². The molecule has 0 aromatic rings. The SMILES string of the molecule is CN1N=C(C(=O)N2CCCNC(=O)C2)CCC1=O. The Morgan fingerprint density at radius 2 is 2.11 bits per heavy atom. The van der Waals surface area contributed by atoms with E-state index in [2.05, 4.69) is 10.4 Å². The predicted octanol–water partition coefficient (Wildman–Crippen LogP) is -1.06. The first-order valence-corrected chi connectivity index (χ1v) is 5.98. The minimum Gasteiger partial charge on any atom is -0.354 e. The quantitative estimate of drug-likeness (QED) is 0.646. The molecule has 0 atom stereocenters. The van der Waals surface area contributed by atoms with Crippen molar-refractivity contribution in [1.82, 2.24) is 15.2 Å². The lowest BCUT2D eigenvalue weighted by Gasteiger charge is -2.24. The van der Waals surface area contributed by atoms with Crippen molar-refractivity contribution in [2.45, 2.75) is 19.3 Å². The molecule has 2 aliphatic rings. The van der Waals surface area contributed by atoms with Gasteiger partial charge in [-0.25, -0.2) is 5.01 Å². The summed E-state index contributed by atoms with van der Waals surface area (Å²) in [7, 11) is 1.53. The maximum atomic E-state index is 12.2. The summed E-state index contributed by atoms with van der Waals surface area (Å²) < 4.78 is 0. The lowest BCUT2D eigenvalue weighted by atomic mass is 10.1. The number of amides is 3. The Balaban J connectivity index is 2.08. The largest absolute Gasteiger partial charge is 0.354 e. The summed E-state index contributed by atoms with van der Waals surface area (Å²) in [6, 6.07) is 0. The Hall–Kier alpha value is -1.92. The van der Waals surface area contributed by atoms with E-state index in [4.69, 9.17) is 0 Å². The molecule has 0 bridgehead atoms. The second-order valence-electron chi connectivity index (χ2n) is 4.39. The molecule has 0 aromatic heterocycles. The summed E-state index contributed by atoms with van der Waals surface area (Å²) in [5.74, 6) is -0.492. The van der Waals surface area contributed by atoms with E-state index in [9.17, 15) is 14.4 Å². The normalized spacial score (nSPS) is 21.3. The molecule has 0 spiro atoms. The minimum absolute atomic E-state index is 0.0650. The van der Waals surface area contributed by atoms with Gasteiger partial charge in [0.1, 0.15) is 5.71 Å². The summed E-state index contributed by atoms with van der Waals surface area (Å²) >= 11 is 0. The Morgan fingerprint density at radius 3 is 2.83 bits per heavy atom. The second-order valence-corrected chi connectivity index (χ2v) is 4.39. The molecule has 2 aliphatic heterocycles. The zero-order valence-corrected chi connectivity index (χ0v) is 10.3. The summed E-state index contributed by atoms with van der Waals surface area (Å²) in [6.07, 6.45) is 1.38. The van der Waals surface area contributed by atoms with Crippen molar-refractivity contribution in [1.29, 1.82) is 0 Å². The van der Waals surface area contributed by atoms with Gasteiger partial charge in [0.05, 0.1) is 6.54 Å². The zero-order chi connectivity index (χ0) is 13.1. The number of carbonyl (C=O) groups excluding carboxylic acids is 3. The molecule has 2 rings (SSSR count). The van der Waals surface area contributed by atoms with E-state index in [-0.39, 0.29) is 24.3 Å². The molecular formula is C11H16N4O3. The van der Waals surface area contributed by atoms with Gasteiger partial charge in [0.25, 0.3) is 5.91 Å². The topological polar surface area (TPSA) is 82.1 Å². The fraction of sp³-hybridized carbons (Fsp3) is 0.636. The van der Waals surface area contributed by atoms with E-state index < -0.39 is 0 Å². The predicted molar refractivity (Wildman–Crippen MR) is 63.6 cm³/mol. The molecule has 7 heteroatoms. The van der Waals surface area contributed by atoms with Crippen molar-refractivity contribution >= 4 is 23.4 Å². The second kappa shape index (κ2) is 5.16. The highest BCUT2D eigenvalue weighted by Gasteiger charge is 2.27. The summed E-state index contributed by atoms with van der Waals surface area (Å²) in [5.41, 5.74) is 0.354. The fourth-order valence-electron chi connectivity index (χ4n) is 1.99. The van der Waals surface area contributed by atoms with Gasteiger partial charge >= 0.3 is 0 Å². The van der Waals surface area contributed by atoms with Gasteiger partial charge in [0.15, 0.2) is 0 Å². The van der Waals surface area contributed by atoms with Gasteiger partial charge in [-0.2, -0.15) is 5.10 Å². The first-order valence-electron chi connectivity index (χ1n) is 5.98. The van der Waals surface area contributed by atoms with E-state index in [0.29, 0.717) is 31.6 Å². The van der Waals surface area contributed by atoms with Gasteiger partial charge in [-0.3, -0.25) is 14.4 Å². The lowest BCUT2D eigenvalue weighted by Crippen LogP contribution is -2.43. The van der Waals surface area contributed by atoms with Crippen molar-refractivity contribution in [3.05, 3.63) is 0 Å². The van der Waals surface area contributed by atoms with Crippen LogP contribution in [0.2, 0.25) is 0 Å². The van der Waals surface area contributed by atoms with Crippen molar-refractivity contribution < 1.29 is 14.4 Å². The molecule has 2 heterocycles. The van der Waals surface area contributed by atoms with E-state index in [0.717, 1.165) is 6.42 Å². The Kier molecular flexibility index (Phi) is 3.59. The van der Waals surface area contributed by atoms with E-state index in [1.807, 2.05) is 0 Å². The van der Waals surface area contributed by atoms with Crippen LogP contribution in [0.4, 0.5) is 0 Å². The van der Waals surface area contributed by atoms with Crippen molar-refractivity contribution in [2.75, 3.05) is 26.7 Å². The number of hydrogen-bond donors (Lipinski definition) is 1. The number of rotatable bonds is 1. The van der Waals surface area contributed by atoms with Crippen molar-refractivity contribution in [3.8, 4) is 0 Å². The van der Waals surface area contributed by atoms with Crippen molar-refractivity contribution in [3.63, 3.8) is 0 Å². The molecule has 98 valence electrons.